The number of aromatic nitrogens is 1. The molecule has 1 aromatic heterocycles. The van der Waals surface area contributed by atoms with Crippen LogP contribution in [-0.4, -0.2) is 78.6 Å². The Morgan fingerprint density at radius 1 is 1.19 bits per heavy atom. The first-order valence-electron chi connectivity index (χ1n) is 9.30. The molecule has 2 saturated heterocycles. The number of carbonyl (C=O) groups is 1. The molecule has 0 saturated carbocycles. The Morgan fingerprint density at radius 2 is 1.89 bits per heavy atom. The van der Waals surface area contributed by atoms with E-state index in [1.807, 2.05) is 9.80 Å². The summed E-state index contributed by atoms with van der Waals surface area (Å²) in [5.41, 5.74) is -0.752. The highest BCUT2D eigenvalue weighted by Gasteiger charge is 2.33. The number of hydrogen-bond acceptors (Lipinski definition) is 5. The van der Waals surface area contributed by atoms with Gasteiger partial charge in [0.25, 0.3) is 0 Å². The number of pyridine rings is 1. The van der Waals surface area contributed by atoms with Crippen LogP contribution in [0.15, 0.2) is 18.3 Å². The monoisotopic (exact) mass is 385 g/mol. The molecule has 3 heterocycles. The zero-order chi connectivity index (χ0) is 19.6. The predicted molar refractivity (Wildman–Crippen MR) is 96.5 cm³/mol. The van der Waals surface area contributed by atoms with Gasteiger partial charge in [0.05, 0.1) is 11.6 Å². The smallest absolute Gasteiger partial charge is 0.353 e. The topological polar surface area (TPSA) is 51.7 Å². The van der Waals surface area contributed by atoms with E-state index in [0.29, 0.717) is 44.6 Å². The van der Waals surface area contributed by atoms with Crippen molar-refractivity contribution < 1.29 is 18.0 Å². The first-order valence-corrected chi connectivity index (χ1v) is 9.30. The first kappa shape index (κ1) is 19.9. The van der Waals surface area contributed by atoms with Crippen LogP contribution in [0.4, 0.5) is 19.0 Å². The summed E-state index contributed by atoms with van der Waals surface area (Å²) in [5, 5.41) is 3.30. The van der Waals surface area contributed by atoms with Crippen LogP contribution in [0.25, 0.3) is 0 Å². The van der Waals surface area contributed by atoms with Crippen LogP contribution in [0.2, 0.25) is 0 Å². The number of piperazine rings is 2. The van der Waals surface area contributed by atoms with Crippen molar-refractivity contribution in [3.63, 3.8) is 0 Å². The van der Waals surface area contributed by atoms with Crippen molar-refractivity contribution in [3.8, 4) is 0 Å². The maximum Gasteiger partial charge on any atom is 0.417 e. The summed E-state index contributed by atoms with van der Waals surface area (Å²) in [4.78, 5) is 22.8. The van der Waals surface area contributed by atoms with Crippen molar-refractivity contribution in [2.24, 2.45) is 0 Å². The van der Waals surface area contributed by atoms with Crippen LogP contribution in [0.1, 0.15) is 19.4 Å². The number of rotatable bonds is 3. The van der Waals surface area contributed by atoms with Crippen LogP contribution in [0.5, 0.6) is 0 Å². The Bertz CT molecular complexity index is 641. The lowest BCUT2D eigenvalue weighted by atomic mass is 10.1. The first-order chi connectivity index (χ1) is 12.8. The highest BCUT2D eigenvalue weighted by Crippen LogP contribution is 2.29. The van der Waals surface area contributed by atoms with Crippen LogP contribution in [-0.2, 0) is 11.0 Å². The number of halogens is 3. The number of alkyl halides is 3. The number of amides is 1. The second-order valence-electron chi connectivity index (χ2n) is 7.31. The molecule has 3 rings (SSSR count). The third-order valence-corrected chi connectivity index (χ3v) is 5.23. The highest BCUT2D eigenvalue weighted by molar-refractivity contribution is 5.82. The average molecular weight is 385 g/mol. The SMILES string of the molecule is CC(C)N1CCNC(C(=O)N2CCN(c3ccc(C(F)(F)F)cn3)CC2)C1. The largest absolute Gasteiger partial charge is 0.417 e. The molecule has 9 heteroatoms. The second kappa shape index (κ2) is 8.02. The minimum atomic E-state index is -4.38. The maximum atomic E-state index is 12.8. The van der Waals surface area contributed by atoms with E-state index in [1.165, 1.54) is 6.07 Å². The van der Waals surface area contributed by atoms with Gasteiger partial charge in [-0.1, -0.05) is 0 Å². The van der Waals surface area contributed by atoms with E-state index in [4.69, 9.17) is 0 Å². The van der Waals surface area contributed by atoms with Crippen molar-refractivity contribution in [2.45, 2.75) is 32.1 Å². The Kier molecular flexibility index (Phi) is 5.90. The fraction of sp³-hybridized carbons (Fsp3) is 0.667. The number of nitrogens with zero attached hydrogens (tertiary/aromatic N) is 4. The van der Waals surface area contributed by atoms with Gasteiger partial charge in [-0.3, -0.25) is 9.69 Å². The third-order valence-electron chi connectivity index (χ3n) is 5.23. The lowest BCUT2D eigenvalue weighted by Gasteiger charge is -2.40. The molecule has 0 bridgehead atoms. The Labute approximate surface area is 157 Å². The summed E-state index contributed by atoms with van der Waals surface area (Å²) < 4.78 is 37.9. The third kappa shape index (κ3) is 4.70. The van der Waals surface area contributed by atoms with Gasteiger partial charge in [-0.05, 0) is 26.0 Å². The van der Waals surface area contributed by atoms with E-state index >= 15 is 0 Å². The second-order valence-corrected chi connectivity index (χ2v) is 7.31. The normalized spacial score (nSPS) is 22.4. The molecule has 1 atom stereocenters. The van der Waals surface area contributed by atoms with E-state index in [0.717, 1.165) is 25.4 Å². The Morgan fingerprint density at radius 3 is 2.44 bits per heavy atom. The van der Waals surface area contributed by atoms with E-state index in [2.05, 4.69) is 29.0 Å². The molecule has 1 aromatic rings. The van der Waals surface area contributed by atoms with Gasteiger partial charge in [-0.25, -0.2) is 4.98 Å². The number of nitrogens with one attached hydrogen (secondary N) is 1. The fourth-order valence-electron chi connectivity index (χ4n) is 3.52. The molecule has 0 radical (unpaired) electrons. The van der Waals surface area contributed by atoms with Gasteiger partial charge in [0.2, 0.25) is 5.91 Å². The van der Waals surface area contributed by atoms with Crippen molar-refractivity contribution in [1.29, 1.82) is 0 Å². The predicted octanol–water partition coefficient (Wildman–Crippen LogP) is 1.43. The lowest BCUT2D eigenvalue weighted by Crippen LogP contribution is -2.61. The minimum absolute atomic E-state index is 0.0976. The van der Waals surface area contributed by atoms with Gasteiger partial charge in [0.15, 0.2) is 0 Å². The fourth-order valence-corrected chi connectivity index (χ4v) is 3.52. The molecule has 0 aliphatic carbocycles. The van der Waals surface area contributed by atoms with Crippen molar-refractivity contribution in [2.75, 3.05) is 50.7 Å². The van der Waals surface area contributed by atoms with Gasteiger partial charge in [0, 0.05) is 58.1 Å². The molecule has 2 aliphatic heterocycles. The van der Waals surface area contributed by atoms with Gasteiger partial charge >= 0.3 is 6.18 Å². The standard InChI is InChI=1S/C18H26F3N5O/c1-13(2)26-6-5-22-15(12-26)17(27)25-9-7-24(8-10-25)16-4-3-14(11-23-16)18(19,20)21/h3-4,11,13,15,22H,5-10,12H2,1-2H3. The van der Waals surface area contributed by atoms with Gasteiger partial charge in [-0.2, -0.15) is 13.2 Å². The summed E-state index contributed by atoms with van der Waals surface area (Å²) in [6, 6.07) is 2.65. The molecule has 1 N–H and O–H groups in total. The molecule has 6 nitrogen and oxygen atoms in total. The molecule has 0 aromatic carbocycles. The highest BCUT2D eigenvalue weighted by atomic mass is 19.4. The summed E-state index contributed by atoms with van der Waals surface area (Å²) in [6.45, 7) is 8.90. The van der Waals surface area contributed by atoms with Crippen LogP contribution in [0, 0.1) is 0 Å². The molecule has 2 aliphatic rings. The molecular formula is C18H26F3N5O. The summed E-state index contributed by atoms with van der Waals surface area (Å²) in [6.07, 6.45) is -3.52. The van der Waals surface area contributed by atoms with Crippen LogP contribution >= 0.6 is 0 Å². The summed E-state index contributed by atoms with van der Waals surface area (Å²) >= 11 is 0. The van der Waals surface area contributed by atoms with E-state index in [-0.39, 0.29) is 11.9 Å². The van der Waals surface area contributed by atoms with Crippen LogP contribution in [0.3, 0.4) is 0 Å². The van der Waals surface area contributed by atoms with Crippen molar-refractivity contribution >= 4 is 11.7 Å². The van der Waals surface area contributed by atoms with E-state index < -0.39 is 11.7 Å². The van der Waals surface area contributed by atoms with Gasteiger partial charge in [0.1, 0.15) is 5.82 Å². The molecule has 27 heavy (non-hydrogen) atoms. The molecule has 1 amide bonds. The summed E-state index contributed by atoms with van der Waals surface area (Å²) in [7, 11) is 0. The zero-order valence-corrected chi connectivity index (χ0v) is 15.7. The van der Waals surface area contributed by atoms with Crippen molar-refractivity contribution in [1.82, 2.24) is 20.1 Å². The minimum Gasteiger partial charge on any atom is -0.353 e. The van der Waals surface area contributed by atoms with Crippen molar-refractivity contribution in [3.05, 3.63) is 23.9 Å². The van der Waals surface area contributed by atoms with Gasteiger partial charge < -0.3 is 15.1 Å². The zero-order valence-electron chi connectivity index (χ0n) is 15.7. The quantitative estimate of drug-likeness (QED) is 0.853. The average Bonchev–Trinajstić information content (AvgIpc) is 2.67. The molecule has 0 spiro atoms. The van der Waals surface area contributed by atoms with Gasteiger partial charge in [-0.15, -0.1) is 0 Å². The van der Waals surface area contributed by atoms with E-state index in [1.54, 1.807) is 0 Å². The molecular weight excluding hydrogens is 359 g/mol. The number of anilines is 1. The summed E-state index contributed by atoms with van der Waals surface area (Å²) in [5.74, 6) is 0.609. The number of hydrogen-bond donors (Lipinski definition) is 1. The lowest BCUT2D eigenvalue weighted by molar-refractivity contribution is -0.138. The molecule has 2 fully saturated rings. The Balaban J connectivity index is 1.54. The number of carbonyl (C=O) groups excluding carboxylic acids is 1. The van der Waals surface area contributed by atoms with E-state index in [9.17, 15) is 18.0 Å². The molecule has 1 unspecified atom stereocenters. The molecule has 150 valence electrons. The Hall–Kier alpha value is -1.87. The van der Waals surface area contributed by atoms with Crippen LogP contribution < -0.4 is 10.2 Å². The maximum absolute atomic E-state index is 12.8.